The number of carbonyl (C=O) groups excluding carboxylic acids is 5. The first-order valence-electron chi connectivity index (χ1n) is 21.3. The summed E-state index contributed by atoms with van der Waals surface area (Å²) in [6.45, 7) is 4.13. The number of rotatable bonds is 16. The summed E-state index contributed by atoms with van der Waals surface area (Å²) in [4.78, 5) is 88.6. The molecule has 5 aromatic rings. The van der Waals surface area contributed by atoms with Crippen molar-refractivity contribution in [2.45, 2.75) is 20.0 Å². The number of H-pyrrole nitrogens is 1. The third kappa shape index (κ3) is 12.1. The molecule has 340 valence electrons. The molecule has 4 heterocycles. The molecule has 0 saturated carbocycles. The molecule has 2 aliphatic heterocycles. The second kappa shape index (κ2) is 21.9. The van der Waals surface area contributed by atoms with E-state index in [-0.39, 0.29) is 106 Å². The van der Waals surface area contributed by atoms with E-state index < -0.39 is 23.7 Å². The van der Waals surface area contributed by atoms with Crippen LogP contribution in [0.15, 0.2) is 89.9 Å². The molecule has 3 N–H and O–H groups in total. The lowest BCUT2D eigenvalue weighted by Gasteiger charge is -2.36. The number of carbonyl (C=O) groups is 5. The molecular weight excluding hydrogens is 842 g/mol. The summed E-state index contributed by atoms with van der Waals surface area (Å²) in [5, 5.41) is 13.3. The van der Waals surface area contributed by atoms with Crippen molar-refractivity contribution >= 4 is 51.9 Å². The number of nitrogens with one attached hydrogen (secondary N) is 3. The molecule has 2 aliphatic rings. The molecule has 0 radical (unpaired) electrons. The fraction of sp³-hybridized carbons (Fsp3) is 0.348. The van der Waals surface area contributed by atoms with Gasteiger partial charge in [0.2, 0.25) is 11.8 Å². The first kappa shape index (κ1) is 45.8. The standard InChI is InChI=1S/C46H50FN9O9/c1-31(57)50-40-27-34(53-18-22-64-23-19-53)28-49-42(40)44(60)48-13-21-63-24-20-56(46(62)65-30-32-7-3-2-4-8-32)29-41(58)54-14-16-55(17-15-54)45(61)37-25-33(11-12-38(37)47)26-39-35-9-5-6-10-36(35)43(59)52-51-39/h2-12,25,27-28H,13-24,26,29-30H2,1H3,(H,48,60)(H,50,57)(H,52,59). The molecule has 3 aromatic carbocycles. The van der Waals surface area contributed by atoms with Gasteiger partial charge in [0.1, 0.15) is 19.0 Å². The van der Waals surface area contributed by atoms with Crippen molar-refractivity contribution in [3.63, 3.8) is 0 Å². The zero-order valence-electron chi connectivity index (χ0n) is 35.9. The monoisotopic (exact) mass is 891 g/mol. The predicted octanol–water partition coefficient (Wildman–Crippen LogP) is 3.21. The van der Waals surface area contributed by atoms with Crippen LogP contribution in [0.3, 0.4) is 0 Å². The number of anilines is 2. The molecule has 2 fully saturated rings. The summed E-state index contributed by atoms with van der Waals surface area (Å²) in [5.41, 5.74) is 2.59. The minimum absolute atomic E-state index is 0.00856. The maximum absolute atomic E-state index is 15.1. The fourth-order valence-electron chi connectivity index (χ4n) is 7.50. The Bertz CT molecular complexity index is 2560. The summed E-state index contributed by atoms with van der Waals surface area (Å²) < 4.78 is 31.9. The molecule has 0 unspecified atom stereocenters. The van der Waals surface area contributed by atoms with Gasteiger partial charge in [-0.05, 0) is 35.4 Å². The number of hydrogen-bond donors (Lipinski definition) is 3. The summed E-state index contributed by atoms with van der Waals surface area (Å²) in [7, 11) is 0. The van der Waals surface area contributed by atoms with E-state index in [2.05, 4.69) is 30.7 Å². The minimum Gasteiger partial charge on any atom is -0.445 e. The Morgan fingerprint density at radius 3 is 2.34 bits per heavy atom. The van der Waals surface area contributed by atoms with Gasteiger partial charge in [-0.3, -0.25) is 28.9 Å². The van der Waals surface area contributed by atoms with E-state index in [1.165, 1.54) is 33.8 Å². The van der Waals surface area contributed by atoms with E-state index in [4.69, 9.17) is 14.2 Å². The van der Waals surface area contributed by atoms with Crippen LogP contribution >= 0.6 is 0 Å². The largest absolute Gasteiger partial charge is 0.445 e. The molecule has 2 saturated heterocycles. The number of pyridine rings is 1. The van der Waals surface area contributed by atoms with Crippen LogP contribution in [-0.4, -0.2) is 145 Å². The number of hydrogen-bond acceptors (Lipinski definition) is 12. The second-order valence-electron chi connectivity index (χ2n) is 15.4. The first-order valence-corrected chi connectivity index (χ1v) is 21.3. The van der Waals surface area contributed by atoms with Crippen LogP contribution in [0.5, 0.6) is 0 Å². The zero-order chi connectivity index (χ0) is 45.7. The summed E-state index contributed by atoms with van der Waals surface area (Å²) in [6, 6.07) is 22.1. The lowest BCUT2D eigenvalue weighted by Crippen LogP contribution is -2.53. The van der Waals surface area contributed by atoms with Crippen LogP contribution in [0, 0.1) is 5.82 Å². The van der Waals surface area contributed by atoms with E-state index in [9.17, 15) is 28.8 Å². The van der Waals surface area contributed by atoms with Gasteiger partial charge in [0.05, 0.1) is 60.6 Å². The number of benzene rings is 3. The number of morpholine rings is 1. The highest BCUT2D eigenvalue weighted by Gasteiger charge is 2.29. The van der Waals surface area contributed by atoms with Gasteiger partial charge in [0, 0.05) is 71.1 Å². The maximum atomic E-state index is 15.1. The average Bonchev–Trinajstić information content (AvgIpc) is 3.33. The van der Waals surface area contributed by atoms with Crippen LogP contribution in [0.4, 0.5) is 20.6 Å². The number of amides is 5. The Hall–Kier alpha value is -7.25. The van der Waals surface area contributed by atoms with E-state index in [1.807, 2.05) is 30.3 Å². The smallest absolute Gasteiger partial charge is 0.410 e. The van der Waals surface area contributed by atoms with Crippen LogP contribution in [0.2, 0.25) is 0 Å². The Morgan fingerprint density at radius 2 is 1.58 bits per heavy atom. The molecule has 0 spiro atoms. The highest BCUT2D eigenvalue weighted by molar-refractivity contribution is 6.02. The van der Waals surface area contributed by atoms with Gasteiger partial charge in [-0.2, -0.15) is 5.10 Å². The van der Waals surface area contributed by atoms with E-state index in [0.717, 1.165) is 11.3 Å². The van der Waals surface area contributed by atoms with E-state index in [1.54, 1.807) is 42.6 Å². The number of fused-ring (bicyclic) bond motifs is 1. The Kier molecular flexibility index (Phi) is 15.4. The summed E-state index contributed by atoms with van der Waals surface area (Å²) in [6.07, 6.45) is 1.09. The van der Waals surface area contributed by atoms with Crippen molar-refractivity contribution < 1.29 is 42.6 Å². The van der Waals surface area contributed by atoms with Gasteiger partial charge in [0.15, 0.2) is 5.69 Å². The van der Waals surface area contributed by atoms with Crippen LogP contribution < -0.4 is 21.1 Å². The van der Waals surface area contributed by atoms with Crippen molar-refractivity contribution in [2.24, 2.45) is 0 Å². The van der Waals surface area contributed by atoms with E-state index in [0.29, 0.717) is 48.3 Å². The fourth-order valence-corrected chi connectivity index (χ4v) is 7.50. The van der Waals surface area contributed by atoms with Gasteiger partial charge >= 0.3 is 6.09 Å². The van der Waals surface area contributed by atoms with Crippen molar-refractivity contribution in [3.05, 3.63) is 129 Å². The average molecular weight is 892 g/mol. The molecule has 2 aromatic heterocycles. The molecule has 5 amide bonds. The number of aromatic amines is 1. The zero-order valence-corrected chi connectivity index (χ0v) is 35.9. The van der Waals surface area contributed by atoms with Crippen molar-refractivity contribution in [1.29, 1.82) is 0 Å². The van der Waals surface area contributed by atoms with Crippen molar-refractivity contribution in [3.8, 4) is 0 Å². The molecule has 65 heavy (non-hydrogen) atoms. The van der Waals surface area contributed by atoms with Crippen molar-refractivity contribution in [1.82, 2.24) is 35.2 Å². The number of aromatic nitrogens is 3. The number of nitrogens with zero attached hydrogens (tertiary/aromatic N) is 6. The van der Waals surface area contributed by atoms with Gasteiger partial charge in [-0.15, -0.1) is 0 Å². The van der Waals surface area contributed by atoms with Crippen molar-refractivity contribution in [2.75, 3.05) is 95.5 Å². The maximum Gasteiger partial charge on any atom is 0.410 e. The molecular formula is C46H50FN9O9. The quantitative estimate of drug-likeness (QED) is 0.122. The molecule has 7 rings (SSSR count). The van der Waals surface area contributed by atoms with Gasteiger partial charge in [-0.1, -0.05) is 54.6 Å². The van der Waals surface area contributed by atoms with Gasteiger partial charge < -0.3 is 39.5 Å². The highest BCUT2D eigenvalue weighted by atomic mass is 19.1. The summed E-state index contributed by atoms with van der Waals surface area (Å²) >= 11 is 0. The van der Waals surface area contributed by atoms with E-state index >= 15 is 4.39 Å². The Morgan fingerprint density at radius 1 is 0.862 bits per heavy atom. The second-order valence-corrected chi connectivity index (χ2v) is 15.4. The number of piperazine rings is 1. The van der Waals surface area contributed by atoms with Gasteiger partial charge in [-0.25, -0.2) is 19.3 Å². The normalized spacial score (nSPS) is 13.9. The lowest BCUT2D eigenvalue weighted by atomic mass is 10.0. The molecule has 0 atom stereocenters. The predicted molar refractivity (Wildman–Crippen MR) is 237 cm³/mol. The SMILES string of the molecule is CC(=O)Nc1cc(N2CCOCC2)cnc1C(=O)NCCOCCN(CC(=O)N1CCN(C(=O)c2cc(Cc3n[nH]c(=O)c4ccccc34)ccc2F)CC1)C(=O)OCc1ccccc1. The highest BCUT2D eigenvalue weighted by Crippen LogP contribution is 2.24. The number of halogens is 1. The van der Waals surface area contributed by atoms with Crippen LogP contribution in [0.1, 0.15) is 44.6 Å². The molecule has 0 aliphatic carbocycles. The van der Waals surface area contributed by atoms with Crippen LogP contribution in [0.25, 0.3) is 10.8 Å². The molecule has 0 bridgehead atoms. The first-order chi connectivity index (χ1) is 31.5. The third-order valence-corrected chi connectivity index (χ3v) is 10.9. The Balaban J connectivity index is 0.913. The van der Waals surface area contributed by atoms with Crippen LogP contribution in [-0.2, 0) is 36.8 Å². The molecule has 19 heteroatoms. The molecule has 18 nitrogen and oxygen atoms in total. The topological polar surface area (TPSA) is 209 Å². The lowest BCUT2D eigenvalue weighted by molar-refractivity contribution is -0.133. The minimum atomic E-state index is -0.731. The number of ether oxygens (including phenoxy) is 3. The Labute approximate surface area is 373 Å². The van der Waals surface area contributed by atoms with Gasteiger partial charge in [0.25, 0.3) is 17.4 Å². The third-order valence-electron chi connectivity index (χ3n) is 10.9. The summed E-state index contributed by atoms with van der Waals surface area (Å²) in [5.74, 6) is -2.46.